The summed E-state index contributed by atoms with van der Waals surface area (Å²) >= 11 is 0. The Balaban J connectivity index is 1.50. The Bertz CT molecular complexity index is 1060. The first-order chi connectivity index (χ1) is 13.8. The zero-order chi connectivity index (χ0) is 20.8. The summed E-state index contributed by atoms with van der Waals surface area (Å²) in [6.45, 7) is 3.60. The van der Waals surface area contributed by atoms with E-state index in [0.717, 1.165) is 17.7 Å². The quantitative estimate of drug-likeness (QED) is 0.706. The van der Waals surface area contributed by atoms with Crippen molar-refractivity contribution in [1.29, 1.82) is 0 Å². The standard InChI is InChI=1S/C20H23N5O4/c1-3-24(10-15-21-14-7-5-4-6-13(14)17(27)22-15)16(26)11-25-18(28)20(2,12-8-9-12)23-19(25)29/h4-7,12H,3,8-11H2,1-2H3,(H,23,29)(H,21,22,27)/t20-/m1/s1. The number of carbonyl (C=O) groups excluding carboxylic acids is 3. The Labute approximate surface area is 167 Å². The molecule has 9 heteroatoms. The predicted molar refractivity (Wildman–Crippen MR) is 105 cm³/mol. The fourth-order valence-corrected chi connectivity index (χ4v) is 3.80. The molecule has 2 fully saturated rings. The van der Waals surface area contributed by atoms with Crippen molar-refractivity contribution in [3.8, 4) is 0 Å². The fraction of sp³-hybridized carbons (Fsp3) is 0.450. The van der Waals surface area contributed by atoms with Crippen LogP contribution in [0.4, 0.5) is 4.79 Å². The number of H-pyrrole nitrogens is 1. The van der Waals surface area contributed by atoms with Crippen LogP contribution < -0.4 is 10.9 Å². The highest BCUT2D eigenvalue weighted by molar-refractivity contribution is 6.09. The van der Waals surface area contributed by atoms with Gasteiger partial charge in [-0.1, -0.05) is 12.1 Å². The number of hydrogen-bond acceptors (Lipinski definition) is 5. The van der Waals surface area contributed by atoms with Crippen LogP contribution in [-0.2, 0) is 16.1 Å². The van der Waals surface area contributed by atoms with Crippen molar-refractivity contribution >= 4 is 28.7 Å². The number of carbonyl (C=O) groups is 3. The van der Waals surface area contributed by atoms with Gasteiger partial charge in [0.05, 0.1) is 17.4 Å². The monoisotopic (exact) mass is 397 g/mol. The van der Waals surface area contributed by atoms with Crippen LogP contribution in [0.2, 0.25) is 0 Å². The molecule has 2 N–H and O–H groups in total. The number of nitrogens with one attached hydrogen (secondary N) is 2. The highest BCUT2D eigenvalue weighted by Crippen LogP contribution is 2.42. The molecule has 1 saturated carbocycles. The number of fused-ring (bicyclic) bond motifs is 1. The van der Waals surface area contributed by atoms with E-state index in [4.69, 9.17) is 0 Å². The second kappa shape index (κ2) is 6.98. The summed E-state index contributed by atoms with van der Waals surface area (Å²) in [4.78, 5) is 59.6. The molecule has 0 radical (unpaired) electrons. The lowest BCUT2D eigenvalue weighted by atomic mass is 9.96. The zero-order valence-corrected chi connectivity index (χ0v) is 16.4. The van der Waals surface area contributed by atoms with Gasteiger partial charge in [-0.2, -0.15) is 0 Å². The van der Waals surface area contributed by atoms with Gasteiger partial charge in [0, 0.05) is 6.54 Å². The third-order valence-electron chi connectivity index (χ3n) is 5.73. The molecule has 2 heterocycles. The minimum atomic E-state index is -0.917. The molecule has 2 aliphatic rings. The molecule has 1 aromatic carbocycles. The number of imide groups is 1. The molecule has 0 unspecified atom stereocenters. The normalized spacial score (nSPS) is 21.5. The summed E-state index contributed by atoms with van der Waals surface area (Å²) in [5.41, 5.74) is -0.646. The smallest absolute Gasteiger partial charge is 0.325 e. The van der Waals surface area contributed by atoms with Crippen molar-refractivity contribution in [3.05, 3.63) is 40.4 Å². The van der Waals surface area contributed by atoms with Gasteiger partial charge in [0.25, 0.3) is 11.5 Å². The molecule has 4 amide bonds. The maximum absolute atomic E-state index is 12.8. The maximum Gasteiger partial charge on any atom is 0.325 e. The van der Waals surface area contributed by atoms with Gasteiger partial charge in [0.1, 0.15) is 17.9 Å². The number of aromatic nitrogens is 2. The zero-order valence-electron chi connectivity index (χ0n) is 16.4. The van der Waals surface area contributed by atoms with Crippen molar-refractivity contribution in [3.63, 3.8) is 0 Å². The van der Waals surface area contributed by atoms with Crippen LogP contribution in [0.25, 0.3) is 10.9 Å². The molecular weight excluding hydrogens is 374 g/mol. The third-order valence-corrected chi connectivity index (χ3v) is 5.73. The van der Waals surface area contributed by atoms with E-state index in [1.54, 1.807) is 38.1 Å². The van der Waals surface area contributed by atoms with Crippen LogP contribution >= 0.6 is 0 Å². The van der Waals surface area contributed by atoms with E-state index in [-0.39, 0.29) is 36.4 Å². The number of hydrogen-bond donors (Lipinski definition) is 2. The number of urea groups is 1. The topological polar surface area (TPSA) is 115 Å². The molecule has 9 nitrogen and oxygen atoms in total. The van der Waals surface area contributed by atoms with Crippen molar-refractivity contribution in [2.24, 2.45) is 5.92 Å². The Morgan fingerprint density at radius 2 is 2.00 bits per heavy atom. The molecule has 29 heavy (non-hydrogen) atoms. The van der Waals surface area contributed by atoms with E-state index in [1.165, 1.54) is 4.90 Å². The lowest BCUT2D eigenvalue weighted by Crippen LogP contribution is -2.47. The van der Waals surface area contributed by atoms with Crippen LogP contribution in [0, 0.1) is 5.92 Å². The molecule has 0 bridgehead atoms. The van der Waals surface area contributed by atoms with Crippen molar-refractivity contribution < 1.29 is 14.4 Å². The van der Waals surface area contributed by atoms with Crippen LogP contribution in [0.15, 0.2) is 29.1 Å². The highest BCUT2D eigenvalue weighted by Gasteiger charge is 2.56. The van der Waals surface area contributed by atoms with Gasteiger partial charge in [0.2, 0.25) is 5.91 Å². The molecule has 152 valence electrons. The fourth-order valence-electron chi connectivity index (χ4n) is 3.80. The summed E-state index contributed by atoms with van der Waals surface area (Å²) < 4.78 is 0. The Morgan fingerprint density at radius 3 is 2.69 bits per heavy atom. The molecular formula is C20H23N5O4. The van der Waals surface area contributed by atoms with E-state index in [0.29, 0.717) is 23.3 Å². The SMILES string of the molecule is CCN(Cc1nc2ccccc2c(=O)[nH]1)C(=O)CN1C(=O)N[C@](C)(C2CC2)C1=O. The van der Waals surface area contributed by atoms with Gasteiger partial charge < -0.3 is 15.2 Å². The van der Waals surface area contributed by atoms with Gasteiger partial charge in [-0.15, -0.1) is 0 Å². The first-order valence-electron chi connectivity index (χ1n) is 9.73. The van der Waals surface area contributed by atoms with Gasteiger partial charge in [-0.05, 0) is 44.7 Å². The number of para-hydroxylation sites is 1. The largest absolute Gasteiger partial charge is 0.334 e. The van der Waals surface area contributed by atoms with Gasteiger partial charge in [-0.25, -0.2) is 9.78 Å². The van der Waals surface area contributed by atoms with Crippen LogP contribution in [-0.4, -0.2) is 56.2 Å². The van der Waals surface area contributed by atoms with Crippen molar-refractivity contribution in [2.45, 2.75) is 38.8 Å². The summed E-state index contributed by atoms with van der Waals surface area (Å²) in [5.74, 6) is -0.254. The number of benzene rings is 1. The maximum atomic E-state index is 12.8. The third kappa shape index (κ3) is 3.37. The molecule has 1 aliphatic carbocycles. The van der Waals surface area contributed by atoms with Crippen LogP contribution in [0.1, 0.15) is 32.5 Å². The minimum Gasteiger partial charge on any atom is -0.334 e. The van der Waals surface area contributed by atoms with E-state index < -0.39 is 11.6 Å². The van der Waals surface area contributed by atoms with Gasteiger partial charge in [0.15, 0.2) is 0 Å². The molecule has 1 saturated heterocycles. The average Bonchev–Trinajstić information content (AvgIpc) is 3.52. The molecule has 0 spiro atoms. The Morgan fingerprint density at radius 1 is 1.28 bits per heavy atom. The first-order valence-corrected chi connectivity index (χ1v) is 9.73. The average molecular weight is 397 g/mol. The molecule has 1 aliphatic heterocycles. The molecule has 1 atom stereocenters. The number of aromatic amines is 1. The van der Waals surface area contributed by atoms with E-state index in [1.807, 2.05) is 0 Å². The molecule has 2 aromatic rings. The van der Waals surface area contributed by atoms with Crippen LogP contribution in [0.3, 0.4) is 0 Å². The van der Waals surface area contributed by atoms with Crippen molar-refractivity contribution in [1.82, 2.24) is 25.1 Å². The number of rotatable bonds is 6. The second-order valence-electron chi connectivity index (χ2n) is 7.74. The summed E-state index contributed by atoms with van der Waals surface area (Å²) in [6, 6.07) is 6.43. The van der Waals surface area contributed by atoms with E-state index in [2.05, 4.69) is 15.3 Å². The molecule has 4 rings (SSSR count). The number of amides is 4. The minimum absolute atomic E-state index is 0.0823. The molecule has 1 aromatic heterocycles. The predicted octanol–water partition coefficient (Wildman–Crippen LogP) is 0.992. The first kappa shape index (κ1) is 19.1. The van der Waals surface area contributed by atoms with Crippen molar-refractivity contribution in [2.75, 3.05) is 13.1 Å². The second-order valence-corrected chi connectivity index (χ2v) is 7.74. The number of nitrogens with zero attached hydrogens (tertiary/aromatic N) is 3. The van der Waals surface area contributed by atoms with E-state index in [9.17, 15) is 19.2 Å². The van der Waals surface area contributed by atoms with Gasteiger partial charge >= 0.3 is 6.03 Å². The Hall–Kier alpha value is -3.23. The highest BCUT2D eigenvalue weighted by atomic mass is 16.2. The lowest BCUT2D eigenvalue weighted by Gasteiger charge is -2.24. The lowest BCUT2D eigenvalue weighted by molar-refractivity contribution is -0.139. The van der Waals surface area contributed by atoms with Gasteiger partial charge in [-0.3, -0.25) is 19.3 Å². The summed E-state index contributed by atoms with van der Waals surface area (Å²) in [5, 5.41) is 3.21. The van der Waals surface area contributed by atoms with E-state index >= 15 is 0 Å². The summed E-state index contributed by atoms with van der Waals surface area (Å²) in [6.07, 6.45) is 1.79. The van der Waals surface area contributed by atoms with Crippen LogP contribution in [0.5, 0.6) is 0 Å². The number of likely N-dealkylation sites (N-methyl/N-ethyl adjacent to an activating group) is 1. The summed E-state index contributed by atoms with van der Waals surface area (Å²) in [7, 11) is 0. The Kier molecular flexibility index (Phi) is 4.60.